The quantitative estimate of drug-likeness (QED) is 0.537. The first-order valence-electron chi connectivity index (χ1n) is 7.57. The van der Waals surface area contributed by atoms with Gasteiger partial charge in [0, 0.05) is 5.39 Å². The number of nitrogens with two attached hydrogens (primary N) is 1. The first-order chi connectivity index (χ1) is 11.3. The second-order valence-electron chi connectivity index (χ2n) is 5.43. The van der Waals surface area contributed by atoms with Crippen LogP contribution in [0.15, 0.2) is 35.0 Å². The first kappa shape index (κ1) is 14.2. The van der Waals surface area contributed by atoms with Gasteiger partial charge in [-0.3, -0.25) is 0 Å². The van der Waals surface area contributed by atoms with Crippen LogP contribution in [0.4, 0.5) is 5.82 Å². The van der Waals surface area contributed by atoms with Crippen molar-refractivity contribution in [2.45, 2.75) is 13.5 Å². The largest absolute Gasteiger partial charge is 0.382 e. The van der Waals surface area contributed by atoms with Crippen LogP contribution in [-0.2, 0) is 6.54 Å². The highest BCUT2D eigenvalue weighted by Crippen LogP contribution is 2.30. The van der Waals surface area contributed by atoms with Crippen molar-refractivity contribution in [3.8, 4) is 11.1 Å². The Morgan fingerprint density at radius 3 is 2.91 bits per heavy atom. The molecule has 0 fully saturated rings. The number of anilines is 1. The Morgan fingerprint density at radius 2 is 2.13 bits per heavy atom. The van der Waals surface area contributed by atoms with Gasteiger partial charge in [-0.1, -0.05) is 13.0 Å². The average molecular weight is 323 g/mol. The molecule has 4 aromatic rings. The number of fused-ring (bicyclic) bond motifs is 3. The fourth-order valence-electron chi connectivity index (χ4n) is 2.75. The zero-order chi connectivity index (χ0) is 15.8. The number of nitrogens with zero attached hydrogens (tertiary/aromatic N) is 2. The Bertz CT molecular complexity index is 972. The van der Waals surface area contributed by atoms with Crippen molar-refractivity contribution in [1.82, 2.24) is 20.3 Å². The van der Waals surface area contributed by atoms with Crippen molar-refractivity contribution in [2.75, 3.05) is 12.3 Å². The fraction of sp³-hybridized carbons (Fsp3) is 0.176. The lowest BCUT2D eigenvalue weighted by molar-refractivity contribution is 0.700. The highest BCUT2D eigenvalue weighted by Gasteiger charge is 2.12. The van der Waals surface area contributed by atoms with Crippen LogP contribution in [0.5, 0.6) is 0 Å². The second kappa shape index (κ2) is 5.64. The van der Waals surface area contributed by atoms with E-state index >= 15 is 0 Å². The summed E-state index contributed by atoms with van der Waals surface area (Å²) in [5, 5.41) is 8.49. The van der Waals surface area contributed by atoms with Gasteiger partial charge in [-0.25, -0.2) is 9.97 Å². The van der Waals surface area contributed by atoms with E-state index in [1.165, 1.54) is 5.56 Å². The van der Waals surface area contributed by atoms with Gasteiger partial charge in [0.1, 0.15) is 22.7 Å². The van der Waals surface area contributed by atoms with Crippen LogP contribution in [0.25, 0.3) is 33.1 Å². The molecule has 0 aliphatic rings. The molecular weight excluding hydrogens is 306 g/mol. The lowest BCUT2D eigenvalue weighted by Gasteiger charge is -2.04. The Hall–Kier alpha value is -2.44. The third kappa shape index (κ3) is 2.46. The molecule has 0 spiro atoms. The Morgan fingerprint density at radius 1 is 1.22 bits per heavy atom. The standard InChI is InChI=1S/C17H17N5S/c1-2-19-8-14-21-15-12-4-3-10(11-5-6-23-9-11)7-13(12)20-17(18)16(15)22-14/h3-7,9,19H,2,8H2,1H3,(H2,18,20)(H,21,22). The SMILES string of the molecule is CCNCc1nc2c([nH]1)c(N)nc1cc(-c3ccsc3)ccc12. The van der Waals surface area contributed by atoms with E-state index in [-0.39, 0.29) is 0 Å². The number of aromatic nitrogens is 3. The van der Waals surface area contributed by atoms with E-state index in [2.05, 4.69) is 57.2 Å². The Kier molecular flexibility index (Phi) is 3.48. The van der Waals surface area contributed by atoms with Gasteiger partial charge in [0.15, 0.2) is 0 Å². The molecule has 0 amide bonds. The number of benzene rings is 1. The molecule has 0 unspecified atom stereocenters. The number of aromatic amines is 1. The molecule has 3 heterocycles. The van der Waals surface area contributed by atoms with Gasteiger partial charge in [-0.05, 0) is 46.6 Å². The van der Waals surface area contributed by atoms with Crippen molar-refractivity contribution in [1.29, 1.82) is 0 Å². The number of nitrogen functional groups attached to an aromatic ring is 1. The van der Waals surface area contributed by atoms with Crippen LogP contribution in [-0.4, -0.2) is 21.5 Å². The molecule has 4 rings (SSSR count). The van der Waals surface area contributed by atoms with E-state index < -0.39 is 0 Å². The minimum Gasteiger partial charge on any atom is -0.382 e. The molecule has 23 heavy (non-hydrogen) atoms. The number of rotatable bonds is 4. The van der Waals surface area contributed by atoms with E-state index in [9.17, 15) is 0 Å². The van der Waals surface area contributed by atoms with Crippen molar-refractivity contribution in [2.24, 2.45) is 0 Å². The number of nitrogens with one attached hydrogen (secondary N) is 2. The molecule has 0 atom stereocenters. The van der Waals surface area contributed by atoms with Gasteiger partial charge in [0.25, 0.3) is 0 Å². The van der Waals surface area contributed by atoms with E-state index in [0.29, 0.717) is 12.4 Å². The van der Waals surface area contributed by atoms with Crippen molar-refractivity contribution >= 4 is 39.1 Å². The van der Waals surface area contributed by atoms with E-state index in [1.807, 2.05) is 0 Å². The van der Waals surface area contributed by atoms with Crippen LogP contribution in [0.1, 0.15) is 12.7 Å². The molecule has 5 nitrogen and oxygen atoms in total. The number of H-pyrrole nitrogens is 1. The third-order valence-electron chi connectivity index (χ3n) is 3.90. The van der Waals surface area contributed by atoms with Crippen LogP contribution in [0.3, 0.4) is 0 Å². The monoisotopic (exact) mass is 323 g/mol. The summed E-state index contributed by atoms with van der Waals surface area (Å²) >= 11 is 1.69. The lowest BCUT2D eigenvalue weighted by atomic mass is 10.1. The number of thiophene rings is 1. The summed E-state index contributed by atoms with van der Waals surface area (Å²) < 4.78 is 0. The van der Waals surface area contributed by atoms with E-state index in [1.54, 1.807) is 11.3 Å². The van der Waals surface area contributed by atoms with Crippen molar-refractivity contribution in [3.05, 3.63) is 40.8 Å². The van der Waals surface area contributed by atoms with Crippen LogP contribution in [0, 0.1) is 0 Å². The molecule has 0 aliphatic carbocycles. The third-order valence-corrected chi connectivity index (χ3v) is 4.58. The maximum absolute atomic E-state index is 6.13. The summed E-state index contributed by atoms with van der Waals surface area (Å²) in [6.07, 6.45) is 0. The Labute approximate surface area is 137 Å². The average Bonchev–Trinajstić information content (AvgIpc) is 3.22. The minimum atomic E-state index is 0.491. The molecule has 0 aliphatic heterocycles. The molecule has 0 saturated heterocycles. The summed E-state index contributed by atoms with van der Waals surface area (Å²) in [6, 6.07) is 8.37. The molecule has 3 aromatic heterocycles. The molecule has 6 heteroatoms. The number of hydrogen-bond donors (Lipinski definition) is 3. The van der Waals surface area contributed by atoms with Gasteiger partial charge in [-0.15, -0.1) is 0 Å². The normalized spacial score (nSPS) is 11.5. The number of pyridine rings is 1. The molecule has 0 radical (unpaired) electrons. The van der Waals surface area contributed by atoms with Gasteiger partial charge in [0.05, 0.1) is 12.1 Å². The Balaban J connectivity index is 1.89. The maximum atomic E-state index is 6.13. The highest BCUT2D eigenvalue weighted by molar-refractivity contribution is 7.08. The fourth-order valence-corrected chi connectivity index (χ4v) is 3.41. The smallest absolute Gasteiger partial charge is 0.150 e. The summed E-state index contributed by atoms with van der Waals surface area (Å²) in [5.74, 6) is 1.37. The molecular formula is C17H17N5S. The topological polar surface area (TPSA) is 79.6 Å². The zero-order valence-corrected chi connectivity index (χ0v) is 13.6. The summed E-state index contributed by atoms with van der Waals surface area (Å²) in [4.78, 5) is 12.5. The molecule has 116 valence electrons. The summed E-state index contributed by atoms with van der Waals surface area (Å²) in [6.45, 7) is 3.66. The predicted octanol–water partition coefficient (Wildman–Crippen LogP) is 3.53. The summed E-state index contributed by atoms with van der Waals surface area (Å²) in [7, 11) is 0. The highest BCUT2D eigenvalue weighted by atomic mass is 32.1. The van der Waals surface area contributed by atoms with Crippen molar-refractivity contribution in [3.63, 3.8) is 0 Å². The molecule has 1 aromatic carbocycles. The number of imidazole rings is 1. The first-order valence-corrected chi connectivity index (χ1v) is 8.51. The van der Waals surface area contributed by atoms with Gasteiger partial charge < -0.3 is 16.0 Å². The van der Waals surface area contributed by atoms with Crippen LogP contribution < -0.4 is 11.1 Å². The summed E-state index contributed by atoms with van der Waals surface area (Å²) in [5.41, 5.74) is 11.1. The maximum Gasteiger partial charge on any atom is 0.150 e. The minimum absolute atomic E-state index is 0.491. The molecule has 0 saturated carbocycles. The van der Waals surface area contributed by atoms with Gasteiger partial charge in [0.2, 0.25) is 0 Å². The zero-order valence-electron chi connectivity index (χ0n) is 12.8. The van der Waals surface area contributed by atoms with Crippen molar-refractivity contribution < 1.29 is 0 Å². The van der Waals surface area contributed by atoms with Crippen LogP contribution in [0.2, 0.25) is 0 Å². The lowest BCUT2D eigenvalue weighted by Crippen LogP contribution is -2.12. The second-order valence-corrected chi connectivity index (χ2v) is 6.21. The van der Waals surface area contributed by atoms with Gasteiger partial charge in [-0.2, -0.15) is 11.3 Å². The predicted molar refractivity (Wildman–Crippen MR) is 96.5 cm³/mol. The number of hydrogen-bond acceptors (Lipinski definition) is 5. The van der Waals surface area contributed by atoms with E-state index in [4.69, 9.17) is 10.7 Å². The molecule has 0 bridgehead atoms. The van der Waals surface area contributed by atoms with Gasteiger partial charge >= 0.3 is 0 Å². The molecule has 4 N–H and O–H groups in total. The van der Waals surface area contributed by atoms with E-state index in [0.717, 1.165) is 39.9 Å². The van der Waals surface area contributed by atoms with Crippen LogP contribution >= 0.6 is 11.3 Å².